The van der Waals surface area contributed by atoms with Gasteiger partial charge >= 0.3 is 5.97 Å². The van der Waals surface area contributed by atoms with Gasteiger partial charge in [-0.3, -0.25) is 38.8 Å². The number of anilines is 1. The second-order valence-corrected chi connectivity index (χ2v) is 7.34. The van der Waals surface area contributed by atoms with E-state index in [1.54, 1.807) is 0 Å². The molecule has 1 amide bonds. The Morgan fingerprint density at radius 1 is 1.19 bits per heavy atom. The van der Waals surface area contributed by atoms with E-state index in [2.05, 4.69) is 20.3 Å². The first kappa shape index (κ1) is 23.2. The summed E-state index contributed by atoms with van der Waals surface area (Å²) in [5.74, 6) is -3.61. The van der Waals surface area contributed by atoms with Crippen LogP contribution in [-0.4, -0.2) is 77.1 Å². The van der Waals surface area contributed by atoms with Gasteiger partial charge in [0.05, 0.1) is 6.33 Å². The van der Waals surface area contributed by atoms with Crippen molar-refractivity contribution in [1.82, 2.24) is 19.5 Å². The minimum absolute atomic E-state index is 0.221. The number of amides is 1. The molecule has 1 fully saturated rings. The minimum Gasteiger partial charge on any atom is -0.463 e. The van der Waals surface area contributed by atoms with Gasteiger partial charge in [0.2, 0.25) is 17.5 Å². The van der Waals surface area contributed by atoms with Gasteiger partial charge in [0, 0.05) is 13.8 Å². The molecule has 14 heteroatoms. The molecule has 4 N–H and O–H groups in total. The van der Waals surface area contributed by atoms with Crippen LogP contribution in [0.2, 0.25) is 0 Å². The molecule has 0 aromatic carbocycles. The smallest absolute Gasteiger partial charge is 0.302 e. The fraction of sp³-hybridized carbons (Fsp3) is 0.500. The van der Waals surface area contributed by atoms with Gasteiger partial charge in [0.25, 0.3) is 5.56 Å². The average molecular weight is 451 g/mol. The Balaban J connectivity index is 2.22. The van der Waals surface area contributed by atoms with Crippen LogP contribution >= 0.6 is 0 Å². The Morgan fingerprint density at radius 3 is 2.34 bits per heavy atom. The number of ether oxygens (including phenoxy) is 2. The number of imidazole rings is 1. The molecule has 1 aliphatic rings. The molecule has 4 atom stereocenters. The van der Waals surface area contributed by atoms with Crippen molar-refractivity contribution in [3.8, 4) is 0 Å². The number of hydrogen-bond acceptors (Lipinski definition) is 11. The van der Waals surface area contributed by atoms with Crippen molar-refractivity contribution in [2.24, 2.45) is 0 Å². The molecule has 2 aromatic rings. The highest BCUT2D eigenvalue weighted by Gasteiger charge is 2.72. The van der Waals surface area contributed by atoms with Crippen LogP contribution in [0.1, 0.15) is 33.9 Å². The third kappa shape index (κ3) is 3.37. The maximum atomic E-state index is 12.6. The maximum Gasteiger partial charge on any atom is 0.302 e. The molecule has 172 valence electrons. The van der Waals surface area contributed by atoms with Crippen molar-refractivity contribution < 1.29 is 38.9 Å². The second kappa shape index (κ2) is 7.89. The van der Waals surface area contributed by atoms with Crippen LogP contribution in [0.5, 0.6) is 0 Å². The van der Waals surface area contributed by atoms with Crippen LogP contribution < -0.4 is 10.9 Å². The van der Waals surface area contributed by atoms with Gasteiger partial charge in [-0.2, -0.15) is 4.98 Å². The van der Waals surface area contributed by atoms with Crippen LogP contribution in [0.3, 0.4) is 0 Å². The molecule has 0 aliphatic carbocycles. The summed E-state index contributed by atoms with van der Waals surface area (Å²) in [5.41, 5.74) is -6.88. The molecule has 0 saturated carbocycles. The monoisotopic (exact) mass is 451 g/mol. The fourth-order valence-electron chi connectivity index (χ4n) is 3.67. The van der Waals surface area contributed by atoms with Crippen molar-refractivity contribution >= 4 is 40.6 Å². The van der Waals surface area contributed by atoms with Crippen LogP contribution in [0, 0.1) is 0 Å². The highest BCUT2D eigenvalue weighted by Crippen LogP contribution is 2.47. The van der Waals surface area contributed by atoms with Crippen molar-refractivity contribution in [3.63, 3.8) is 0 Å². The van der Waals surface area contributed by atoms with E-state index in [1.807, 2.05) is 0 Å². The van der Waals surface area contributed by atoms with Crippen LogP contribution in [0.4, 0.5) is 5.95 Å². The third-order valence-electron chi connectivity index (χ3n) is 5.19. The molecule has 1 aliphatic heterocycles. The summed E-state index contributed by atoms with van der Waals surface area (Å²) in [5, 5.41) is 24.8. The van der Waals surface area contributed by atoms with Crippen molar-refractivity contribution in [2.75, 3.05) is 11.9 Å². The first-order valence-electron chi connectivity index (χ1n) is 9.34. The zero-order valence-corrected chi connectivity index (χ0v) is 17.5. The molecule has 1 saturated heterocycles. The highest BCUT2D eigenvalue weighted by atomic mass is 16.6. The van der Waals surface area contributed by atoms with E-state index in [1.165, 1.54) is 6.92 Å². The van der Waals surface area contributed by atoms with E-state index in [4.69, 9.17) is 9.47 Å². The maximum absolute atomic E-state index is 12.6. The number of nitrogens with one attached hydrogen (secondary N) is 2. The first-order valence-corrected chi connectivity index (χ1v) is 9.34. The van der Waals surface area contributed by atoms with Gasteiger partial charge in [-0.1, -0.05) is 0 Å². The number of H-pyrrole nitrogens is 1. The molecule has 0 spiro atoms. The van der Waals surface area contributed by atoms with Gasteiger partial charge in [0.15, 0.2) is 34.6 Å². The fourth-order valence-corrected chi connectivity index (χ4v) is 3.67. The lowest BCUT2D eigenvalue weighted by Gasteiger charge is -2.37. The Morgan fingerprint density at radius 2 is 1.81 bits per heavy atom. The largest absolute Gasteiger partial charge is 0.463 e. The lowest BCUT2D eigenvalue weighted by Crippen LogP contribution is -2.66. The van der Waals surface area contributed by atoms with E-state index < -0.39 is 59.1 Å². The van der Waals surface area contributed by atoms with E-state index in [0.717, 1.165) is 31.7 Å². The summed E-state index contributed by atoms with van der Waals surface area (Å²) < 4.78 is 11.5. The highest BCUT2D eigenvalue weighted by molar-refractivity contribution is 5.99. The molecule has 0 radical (unpaired) electrons. The number of aromatic nitrogens is 4. The van der Waals surface area contributed by atoms with Gasteiger partial charge in [-0.05, 0) is 13.8 Å². The number of nitrogens with zero attached hydrogens (tertiary/aromatic N) is 3. The van der Waals surface area contributed by atoms with Crippen molar-refractivity contribution in [2.45, 2.75) is 51.2 Å². The number of carbonyl (C=O) groups excluding carboxylic acids is 4. The molecule has 0 unspecified atom stereocenters. The molecule has 14 nitrogen and oxygen atoms in total. The van der Waals surface area contributed by atoms with E-state index >= 15 is 0 Å². The van der Waals surface area contributed by atoms with Crippen LogP contribution in [0.15, 0.2) is 11.1 Å². The Kier molecular flexibility index (Phi) is 5.71. The number of ketones is 2. The van der Waals surface area contributed by atoms with E-state index in [0.29, 0.717) is 0 Å². The predicted octanol–water partition coefficient (Wildman–Crippen LogP) is -1.82. The number of aromatic amines is 1. The summed E-state index contributed by atoms with van der Waals surface area (Å²) in [6.07, 6.45) is -2.42. The van der Waals surface area contributed by atoms with Crippen molar-refractivity contribution in [3.05, 3.63) is 16.7 Å². The predicted molar refractivity (Wildman–Crippen MR) is 104 cm³/mol. The summed E-state index contributed by atoms with van der Waals surface area (Å²) >= 11 is 0. The number of esters is 1. The number of hydrogen-bond donors (Lipinski definition) is 4. The topological polar surface area (TPSA) is 203 Å². The molecule has 3 heterocycles. The number of Topliss-reactive ketones (excluding diaryl/α,β-unsaturated/α-hetero) is 2. The molecule has 0 bridgehead atoms. The molecular weight excluding hydrogens is 430 g/mol. The quantitative estimate of drug-likeness (QED) is 0.360. The SMILES string of the molecule is CC(=O)Nc1nc2c(ncn2[C@@H]2O[C@H](COC(C)=O)[C@](O)(C(C)=O)[C@]2(O)C(C)=O)c(=O)[nH]1. The van der Waals surface area contributed by atoms with Crippen LogP contribution in [0.25, 0.3) is 11.2 Å². The first-order chi connectivity index (χ1) is 14.8. The normalized spacial score (nSPS) is 27.3. The zero-order valence-electron chi connectivity index (χ0n) is 17.5. The average Bonchev–Trinajstić information content (AvgIpc) is 3.19. The zero-order chi connectivity index (χ0) is 24.0. The molecule has 3 rings (SSSR count). The van der Waals surface area contributed by atoms with Crippen molar-refractivity contribution in [1.29, 1.82) is 0 Å². The van der Waals surface area contributed by atoms with Gasteiger partial charge in [-0.15, -0.1) is 0 Å². The number of aliphatic hydroxyl groups is 2. The van der Waals surface area contributed by atoms with Crippen LogP contribution in [-0.2, 0) is 28.7 Å². The number of fused-ring (bicyclic) bond motifs is 1. The standard InChI is InChI=1S/C18H21N5O9/c1-7(24)17(29)11(5-31-10(4)27)32-15(18(17,30)8(2)25)23-6-19-12-13(23)21-16(20-9(3)26)22-14(12)28/h6,11,15,29-30H,5H2,1-4H3,(H2,20,21,22,26,28)/t11-,15-,17-,18+/m1/s1. The summed E-state index contributed by atoms with van der Waals surface area (Å²) in [4.78, 5) is 70.2. The Labute approximate surface area is 179 Å². The summed E-state index contributed by atoms with van der Waals surface area (Å²) in [7, 11) is 0. The lowest BCUT2D eigenvalue weighted by atomic mass is 9.75. The summed E-state index contributed by atoms with van der Waals surface area (Å²) in [6.45, 7) is 3.47. The minimum atomic E-state index is -2.87. The summed E-state index contributed by atoms with van der Waals surface area (Å²) in [6, 6.07) is 0. The molecule has 2 aromatic heterocycles. The van der Waals surface area contributed by atoms with Gasteiger partial charge < -0.3 is 19.7 Å². The Bertz CT molecular complexity index is 1190. The third-order valence-corrected chi connectivity index (χ3v) is 5.19. The van der Waals surface area contributed by atoms with Gasteiger partial charge in [0.1, 0.15) is 12.7 Å². The van der Waals surface area contributed by atoms with E-state index in [9.17, 15) is 34.2 Å². The Hall–Kier alpha value is -3.49. The van der Waals surface area contributed by atoms with Gasteiger partial charge in [-0.25, -0.2) is 4.98 Å². The second-order valence-electron chi connectivity index (χ2n) is 7.34. The molecular formula is C18H21N5O9. The number of rotatable bonds is 6. The molecule has 32 heavy (non-hydrogen) atoms. The lowest BCUT2D eigenvalue weighted by molar-refractivity contribution is -0.182. The van der Waals surface area contributed by atoms with E-state index in [-0.39, 0.29) is 17.1 Å². The number of carbonyl (C=O) groups is 4.